The summed E-state index contributed by atoms with van der Waals surface area (Å²) in [5, 5.41) is 45.2. The molecule has 4 aromatic rings. The van der Waals surface area contributed by atoms with Gasteiger partial charge in [-0.3, -0.25) is 4.79 Å². The fourth-order valence-electron chi connectivity index (χ4n) is 4.28. The Balaban J connectivity index is 1.04. The van der Waals surface area contributed by atoms with Crippen LogP contribution in [0.4, 0.5) is 10.3 Å². The molecular formula is C27H30N6O4S2. The van der Waals surface area contributed by atoms with Crippen molar-refractivity contribution < 1.29 is 19.7 Å². The molecule has 39 heavy (non-hydrogen) atoms. The van der Waals surface area contributed by atoms with Crippen molar-refractivity contribution in [2.45, 2.75) is 57.5 Å². The first-order chi connectivity index (χ1) is 19.1. The van der Waals surface area contributed by atoms with Gasteiger partial charge in [-0.25, -0.2) is 0 Å². The van der Waals surface area contributed by atoms with Crippen LogP contribution in [-0.4, -0.2) is 48.8 Å². The highest BCUT2D eigenvalue weighted by atomic mass is 32.1. The number of aryl methyl sites for hydroxylation is 2. The van der Waals surface area contributed by atoms with Crippen molar-refractivity contribution in [3.63, 3.8) is 0 Å². The molecule has 2 aromatic carbocycles. The van der Waals surface area contributed by atoms with Gasteiger partial charge in [-0.05, 0) is 35.1 Å². The third-order valence-corrected chi connectivity index (χ3v) is 8.24. The number of anilines is 2. The van der Waals surface area contributed by atoms with Crippen molar-refractivity contribution in [2.24, 2.45) is 0 Å². The van der Waals surface area contributed by atoms with Crippen molar-refractivity contribution in [3.05, 3.63) is 80.8 Å². The third-order valence-electron chi connectivity index (χ3n) is 6.44. The molecule has 0 aliphatic carbocycles. The van der Waals surface area contributed by atoms with Gasteiger partial charge in [0.25, 0.3) is 0 Å². The molecule has 0 saturated carbocycles. The first-order valence-electron chi connectivity index (χ1n) is 12.8. The molecule has 0 radical (unpaired) electrons. The van der Waals surface area contributed by atoms with Crippen LogP contribution in [-0.2, 0) is 48.4 Å². The molecule has 5 rings (SSSR count). The maximum absolute atomic E-state index is 12.4. The molecule has 1 unspecified atom stereocenters. The van der Waals surface area contributed by atoms with Crippen LogP contribution in [0.25, 0.3) is 0 Å². The highest BCUT2D eigenvalue weighted by Gasteiger charge is 2.46. The Kier molecular flexibility index (Phi) is 8.89. The minimum Gasteiger partial charge on any atom is -0.392 e. The second-order valence-electron chi connectivity index (χ2n) is 9.37. The highest BCUT2D eigenvalue weighted by molar-refractivity contribution is 7.15. The van der Waals surface area contributed by atoms with Crippen LogP contribution in [0, 0.1) is 0 Å². The van der Waals surface area contributed by atoms with Crippen LogP contribution < -0.4 is 10.6 Å². The topological polar surface area (TPSA) is 146 Å². The SMILES string of the molecule is O=C(Cc1ccccc1CO)Nc1nnc(CCCCc2nnc(NC3(Cc4ccccc4CO)CO3)s2)s1. The number of benzene rings is 2. The van der Waals surface area contributed by atoms with E-state index in [4.69, 9.17) is 4.74 Å². The second kappa shape index (κ2) is 12.7. The lowest BCUT2D eigenvalue weighted by atomic mass is 10.0. The zero-order chi connectivity index (χ0) is 27.1. The van der Waals surface area contributed by atoms with Crippen LogP contribution in [0.2, 0.25) is 0 Å². The average molecular weight is 567 g/mol. The molecule has 2 aromatic heterocycles. The minimum atomic E-state index is -0.491. The molecule has 1 atom stereocenters. The van der Waals surface area contributed by atoms with Crippen molar-refractivity contribution in [1.29, 1.82) is 0 Å². The van der Waals surface area contributed by atoms with E-state index in [1.807, 2.05) is 48.5 Å². The molecule has 0 spiro atoms. The van der Waals surface area contributed by atoms with Gasteiger partial charge < -0.3 is 25.6 Å². The summed E-state index contributed by atoms with van der Waals surface area (Å²) in [6.07, 6.45) is 4.25. The summed E-state index contributed by atoms with van der Waals surface area (Å²) >= 11 is 2.91. The predicted octanol–water partition coefficient (Wildman–Crippen LogP) is 3.50. The number of carbonyl (C=O) groups is 1. The van der Waals surface area contributed by atoms with Crippen molar-refractivity contribution in [1.82, 2.24) is 20.4 Å². The van der Waals surface area contributed by atoms with Gasteiger partial charge in [0.1, 0.15) is 10.0 Å². The van der Waals surface area contributed by atoms with E-state index in [2.05, 4.69) is 31.0 Å². The Bertz CT molecular complexity index is 1400. The fourth-order valence-corrected chi connectivity index (χ4v) is 5.94. The van der Waals surface area contributed by atoms with Crippen molar-refractivity contribution >= 4 is 38.8 Å². The lowest BCUT2D eigenvalue weighted by Crippen LogP contribution is -2.26. The normalized spacial score (nSPS) is 16.3. The zero-order valence-electron chi connectivity index (χ0n) is 21.3. The number of unbranched alkanes of at least 4 members (excludes halogenated alkanes) is 1. The Hall–Kier alpha value is -3.29. The summed E-state index contributed by atoms with van der Waals surface area (Å²) < 4.78 is 5.72. The fraction of sp³-hybridized carbons (Fsp3) is 0.370. The quantitative estimate of drug-likeness (QED) is 0.133. The molecule has 12 heteroatoms. The summed E-state index contributed by atoms with van der Waals surface area (Å²) in [4.78, 5) is 12.4. The molecule has 1 aliphatic heterocycles. The number of rotatable bonds is 14. The third kappa shape index (κ3) is 7.43. The number of epoxide rings is 1. The second-order valence-corrected chi connectivity index (χ2v) is 11.5. The monoisotopic (exact) mass is 566 g/mol. The molecule has 1 saturated heterocycles. The number of hydrogen-bond acceptors (Lipinski definition) is 11. The van der Waals surface area contributed by atoms with E-state index < -0.39 is 5.72 Å². The van der Waals surface area contributed by atoms with Crippen molar-refractivity contribution in [2.75, 3.05) is 17.2 Å². The minimum absolute atomic E-state index is 0.00264. The highest BCUT2D eigenvalue weighted by Crippen LogP contribution is 2.34. The molecule has 1 amide bonds. The van der Waals surface area contributed by atoms with E-state index in [1.165, 1.54) is 22.7 Å². The van der Waals surface area contributed by atoms with Crippen LogP contribution >= 0.6 is 22.7 Å². The average Bonchev–Trinajstić information content (AvgIpc) is 3.31. The smallest absolute Gasteiger partial charge is 0.230 e. The van der Waals surface area contributed by atoms with Crippen LogP contribution in [0.15, 0.2) is 48.5 Å². The van der Waals surface area contributed by atoms with E-state index in [0.29, 0.717) is 18.2 Å². The van der Waals surface area contributed by atoms with Gasteiger partial charge in [-0.2, -0.15) is 0 Å². The molecule has 1 aliphatic rings. The number of nitrogens with one attached hydrogen (secondary N) is 2. The lowest BCUT2D eigenvalue weighted by Gasteiger charge is -2.15. The van der Waals surface area contributed by atoms with Gasteiger partial charge in [0.2, 0.25) is 16.2 Å². The van der Waals surface area contributed by atoms with Gasteiger partial charge in [0.15, 0.2) is 5.72 Å². The predicted molar refractivity (Wildman–Crippen MR) is 150 cm³/mol. The van der Waals surface area contributed by atoms with Gasteiger partial charge in [-0.1, -0.05) is 71.2 Å². The van der Waals surface area contributed by atoms with E-state index in [-0.39, 0.29) is 25.5 Å². The maximum Gasteiger partial charge on any atom is 0.230 e. The number of amides is 1. The summed E-state index contributed by atoms with van der Waals surface area (Å²) in [5.41, 5.74) is 3.01. The van der Waals surface area contributed by atoms with Gasteiger partial charge in [-0.15, -0.1) is 20.4 Å². The number of aromatic nitrogens is 4. The van der Waals surface area contributed by atoms with Crippen LogP contribution in [0.1, 0.15) is 45.1 Å². The number of aliphatic hydroxyl groups is 2. The van der Waals surface area contributed by atoms with E-state index in [1.54, 1.807) is 0 Å². The number of carbonyl (C=O) groups excluding carboxylic acids is 1. The summed E-state index contributed by atoms with van der Waals surface area (Å²) in [6.45, 7) is 0.488. The van der Waals surface area contributed by atoms with Gasteiger partial charge in [0.05, 0.1) is 26.2 Å². The number of aliphatic hydroxyl groups excluding tert-OH is 2. The molecule has 0 bridgehead atoms. The molecule has 10 nitrogen and oxygen atoms in total. The number of ether oxygens (including phenoxy) is 1. The summed E-state index contributed by atoms with van der Waals surface area (Å²) in [7, 11) is 0. The summed E-state index contributed by atoms with van der Waals surface area (Å²) in [5.74, 6) is -0.185. The zero-order valence-corrected chi connectivity index (χ0v) is 22.9. The Morgan fingerprint density at radius 1 is 0.821 bits per heavy atom. The Labute approximate surface area is 234 Å². The van der Waals surface area contributed by atoms with E-state index >= 15 is 0 Å². The molecule has 204 valence electrons. The molecule has 1 fully saturated rings. The number of hydrogen-bond donors (Lipinski definition) is 4. The first-order valence-corrected chi connectivity index (χ1v) is 14.4. The lowest BCUT2D eigenvalue weighted by molar-refractivity contribution is -0.115. The standard InChI is InChI=1S/C27H30N6O4S2/c34-15-20-9-3-1-7-18(20)13-22(36)28-25-32-30-23(38-25)11-5-6-12-24-31-33-26(39-24)29-27(17-37-27)14-19-8-2-4-10-21(19)16-35/h1-4,7-10,34-35H,5-6,11-17H2,(H,29,33)(H,28,32,36). The summed E-state index contributed by atoms with van der Waals surface area (Å²) in [6, 6.07) is 15.2. The van der Waals surface area contributed by atoms with Crippen molar-refractivity contribution in [3.8, 4) is 0 Å². The Morgan fingerprint density at radius 3 is 1.97 bits per heavy atom. The first kappa shape index (κ1) is 27.3. The van der Waals surface area contributed by atoms with Crippen LogP contribution in [0.3, 0.4) is 0 Å². The van der Waals surface area contributed by atoms with E-state index in [9.17, 15) is 15.0 Å². The largest absolute Gasteiger partial charge is 0.392 e. The molecule has 4 N–H and O–H groups in total. The molecular weight excluding hydrogens is 536 g/mol. The van der Waals surface area contributed by atoms with Crippen LogP contribution in [0.5, 0.6) is 0 Å². The molecule has 3 heterocycles. The van der Waals surface area contributed by atoms with Gasteiger partial charge in [0, 0.05) is 19.3 Å². The van der Waals surface area contributed by atoms with Gasteiger partial charge >= 0.3 is 0 Å². The number of nitrogens with zero attached hydrogens (tertiary/aromatic N) is 4. The van der Waals surface area contributed by atoms with E-state index in [0.717, 1.165) is 63.1 Å². The Morgan fingerprint density at radius 2 is 1.36 bits per heavy atom. The maximum atomic E-state index is 12.4.